The monoisotopic (exact) mass is 319 g/mol. The van der Waals surface area contributed by atoms with Crippen LogP contribution in [-0.4, -0.2) is 65.9 Å². The number of hydrogen-bond donors (Lipinski definition) is 1. The Labute approximate surface area is 137 Å². The predicted molar refractivity (Wildman–Crippen MR) is 90.5 cm³/mol. The maximum Gasteiger partial charge on any atom is 0.0701 e. The molecule has 0 aromatic rings. The van der Waals surface area contributed by atoms with E-state index in [9.17, 15) is 0 Å². The van der Waals surface area contributed by atoms with Crippen molar-refractivity contribution >= 4 is 0 Å². The minimum atomic E-state index is 0.616. The molecule has 1 N–H and O–H groups in total. The molecule has 22 heavy (non-hydrogen) atoms. The largest absolute Gasteiger partial charge is 0.379 e. The summed E-state index contributed by atoms with van der Waals surface area (Å²) in [5.41, 5.74) is 0. The van der Waals surface area contributed by atoms with Gasteiger partial charge in [0.05, 0.1) is 46.2 Å². The molecule has 0 aliphatic carbocycles. The van der Waals surface area contributed by atoms with E-state index in [4.69, 9.17) is 18.9 Å². The highest BCUT2D eigenvalue weighted by molar-refractivity contribution is 4.49. The molecule has 5 nitrogen and oxygen atoms in total. The van der Waals surface area contributed by atoms with Gasteiger partial charge in [-0.05, 0) is 18.9 Å². The number of ether oxygens (including phenoxy) is 4. The molecule has 0 aromatic heterocycles. The summed E-state index contributed by atoms with van der Waals surface area (Å²) in [4.78, 5) is 0. The van der Waals surface area contributed by atoms with Crippen LogP contribution < -0.4 is 5.32 Å². The summed E-state index contributed by atoms with van der Waals surface area (Å²) >= 11 is 0. The van der Waals surface area contributed by atoms with Crippen LogP contribution >= 0.6 is 0 Å². The van der Waals surface area contributed by atoms with Crippen molar-refractivity contribution in [3.8, 4) is 0 Å². The van der Waals surface area contributed by atoms with Crippen molar-refractivity contribution in [1.82, 2.24) is 5.32 Å². The molecule has 0 spiro atoms. The fourth-order valence-electron chi connectivity index (χ4n) is 1.75. The molecule has 0 heterocycles. The number of hydrogen-bond acceptors (Lipinski definition) is 5. The van der Waals surface area contributed by atoms with Crippen molar-refractivity contribution in [2.75, 3.05) is 65.9 Å². The Morgan fingerprint density at radius 2 is 1.18 bits per heavy atom. The third-order valence-electron chi connectivity index (χ3n) is 2.98. The lowest BCUT2D eigenvalue weighted by Crippen LogP contribution is -2.24. The molecule has 0 aromatic carbocycles. The molecule has 0 atom stereocenters. The minimum absolute atomic E-state index is 0.616. The number of nitrogens with one attached hydrogen (secondary N) is 1. The van der Waals surface area contributed by atoms with Crippen LogP contribution in [0.4, 0.5) is 0 Å². The van der Waals surface area contributed by atoms with Gasteiger partial charge in [0.25, 0.3) is 0 Å². The second kappa shape index (κ2) is 18.8. The second-order valence-electron chi connectivity index (χ2n) is 5.75. The maximum absolute atomic E-state index is 5.46. The Balaban J connectivity index is 2.94. The van der Waals surface area contributed by atoms with Crippen LogP contribution in [0.3, 0.4) is 0 Å². The van der Waals surface area contributed by atoms with Crippen LogP contribution in [0.5, 0.6) is 0 Å². The molecular weight excluding hydrogens is 282 g/mol. The van der Waals surface area contributed by atoms with Gasteiger partial charge < -0.3 is 24.3 Å². The maximum atomic E-state index is 5.46. The van der Waals surface area contributed by atoms with Crippen molar-refractivity contribution in [2.24, 2.45) is 5.92 Å². The molecule has 5 heteroatoms. The average molecular weight is 319 g/mol. The highest BCUT2D eigenvalue weighted by Crippen LogP contribution is 1.93. The predicted octanol–water partition coefficient (Wildman–Crippen LogP) is 2.49. The van der Waals surface area contributed by atoms with Gasteiger partial charge in [0, 0.05) is 13.2 Å². The molecule has 0 aliphatic heterocycles. The fourth-order valence-corrected chi connectivity index (χ4v) is 1.75. The van der Waals surface area contributed by atoms with Crippen LogP contribution in [0.15, 0.2) is 0 Å². The molecule has 0 unspecified atom stereocenters. The van der Waals surface area contributed by atoms with E-state index in [1.807, 2.05) is 0 Å². The first-order chi connectivity index (χ1) is 10.8. The van der Waals surface area contributed by atoms with Gasteiger partial charge in [-0.15, -0.1) is 0 Å². The molecule has 0 amide bonds. The van der Waals surface area contributed by atoms with Gasteiger partial charge >= 0.3 is 0 Å². The fraction of sp³-hybridized carbons (Fsp3) is 1.00. The summed E-state index contributed by atoms with van der Waals surface area (Å²) < 4.78 is 21.8. The van der Waals surface area contributed by atoms with Crippen molar-refractivity contribution in [1.29, 1.82) is 0 Å². The van der Waals surface area contributed by atoms with Crippen molar-refractivity contribution in [3.63, 3.8) is 0 Å². The lowest BCUT2D eigenvalue weighted by Gasteiger charge is -2.09. The molecule has 0 bridgehead atoms. The summed E-state index contributed by atoms with van der Waals surface area (Å²) in [6.07, 6.45) is 3.62. The van der Waals surface area contributed by atoms with E-state index in [1.54, 1.807) is 0 Å². The van der Waals surface area contributed by atoms with Gasteiger partial charge in [0.1, 0.15) is 0 Å². The van der Waals surface area contributed by atoms with Crippen molar-refractivity contribution < 1.29 is 18.9 Å². The van der Waals surface area contributed by atoms with Gasteiger partial charge in [0.2, 0.25) is 0 Å². The summed E-state index contributed by atoms with van der Waals surface area (Å²) in [5, 5.41) is 3.33. The third-order valence-corrected chi connectivity index (χ3v) is 2.98. The van der Waals surface area contributed by atoms with Gasteiger partial charge in [-0.2, -0.15) is 0 Å². The van der Waals surface area contributed by atoms with Crippen LogP contribution in [0.2, 0.25) is 0 Å². The summed E-state index contributed by atoms with van der Waals surface area (Å²) in [6, 6.07) is 0. The number of rotatable bonds is 18. The quantitative estimate of drug-likeness (QED) is 0.393. The molecule has 0 fully saturated rings. The zero-order valence-corrected chi connectivity index (χ0v) is 14.9. The van der Waals surface area contributed by atoms with E-state index >= 15 is 0 Å². The van der Waals surface area contributed by atoms with Gasteiger partial charge in [-0.1, -0.05) is 33.6 Å². The normalized spacial score (nSPS) is 11.5. The molecule has 0 aliphatic rings. The molecule has 0 saturated carbocycles. The van der Waals surface area contributed by atoms with Crippen LogP contribution in [-0.2, 0) is 18.9 Å². The Morgan fingerprint density at radius 3 is 1.68 bits per heavy atom. The lowest BCUT2D eigenvalue weighted by molar-refractivity contribution is -0.00179. The van der Waals surface area contributed by atoms with Crippen molar-refractivity contribution in [2.45, 2.75) is 40.0 Å². The van der Waals surface area contributed by atoms with E-state index in [1.165, 1.54) is 12.8 Å². The first-order valence-corrected chi connectivity index (χ1v) is 8.79. The zero-order chi connectivity index (χ0) is 16.3. The first-order valence-electron chi connectivity index (χ1n) is 8.79. The standard InChI is InChI=1S/C17H37NO4/c1-4-5-6-8-19-10-12-21-14-15-22-13-11-20-9-7-18-16-17(2)3/h17-18H,4-16H2,1-3H3. The smallest absolute Gasteiger partial charge is 0.0701 e. The van der Waals surface area contributed by atoms with E-state index in [2.05, 4.69) is 26.1 Å². The Bertz CT molecular complexity index is 203. The molecular formula is C17H37NO4. The van der Waals surface area contributed by atoms with Crippen LogP contribution in [0.25, 0.3) is 0 Å². The second-order valence-corrected chi connectivity index (χ2v) is 5.75. The van der Waals surface area contributed by atoms with Crippen molar-refractivity contribution in [3.05, 3.63) is 0 Å². The highest BCUT2D eigenvalue weighted by Gasteiger charge is 1.94. The Kier molecular flexibility index (Phi) is 18.7. The molecule has 134 valence electrons. The summed E-state index contributed by atoms with van der Waals surface area (Å²) in [5.74, 6) is 0.685. The Morgan fingerprint density at radius 1 is 0.682 bits per heavy atom. The SMILES string of the molecule is CCCCCOCCOCCOCCOCCNCC(C)C. The van der Waals surface area contributed by atoms with Gasteiger partial charge in [-0.25, -0.2) is 0 Å². The molecule has 0 radical (unpaired) electrons. The van der Waals surface area contributed by atoms with E-state index in [-0.39, 0.29) is 0 Å². The number of unbranched alkanes of at least 4 members (excludes halogenated alkanes) is 2. The van der Waals surface area contributed by atoms with Gasteiger partial charge in [-0.3, -0.25) is 0 Å². The summed E-state index contributed by atoms with van der Waals surface area (Å²) in [7, 11) is 0. The topological polar surface area (TPSA) is 49.0 Å². The van der Waals surface area contributed by atoms with Crippen LogP contribution in [0, 0.1) is 5.92 Å². The lowest BCUT2D eigenvalue weighted by atomic mass is 10.2. The summed E-state index contributed by atoms with van der Waals surface area (Å²) in [6.45, 7) is 13.9. The minimum Gasteiger partial charge on any atom is -0.379 e. The third kappa shape index (κ3) is 19.8. The van der Waals surface area contributed by atoms with E-state index in [0.29, 0.717) is 45.6 Å². The van der Waals surface area contributed by atoms with Gasteiger partial charge in [0.15, 0.2) is 0 Å². The first kappa shape index (κ1) is 21.8. The molecule has 0 rings (SSSR count). The van der Waals surface area contributed by atoms with E-state index < -0.39 is 0 Å². The van der Waals surface area contributed by atoms with E-state index in [0.717, 1.165) is 32.7 Å². The highest BCUT2D eigenvalue weighted by atomic mass is 16.6. The Hall–Kier alpha value is -0.200. The molecule has 0 saturated heterocycles. The zero-order valence-electron chi connectivity index (χ0n) is 14.9. The average Bonchev–Trinajstić information content (AvgIpc) is 2.50. The van der Waals surface area contributed by atoms with Crippen LogP contribution in [0.1, 0.15) is 40.0 Å².